The van der Waals surface area contributed by atoms with E-state index in [9.17, 15) is 19.5 Å². The Hall–Kier alpha value is -2.69. The maximum absolute atomic E-state index is 13.2. The molecule has 3 aliphatic carbocycles. The van der Waals surface area contributed by atoms with E-state index in [2.05, 4.69) is 15.6 Å². The number of carbonyl (C=O) groups excluding carboxylic acids is 3. The number of piperidine rings is 1. The van der Waals surface area contributed by atoms with Crippen molar-refractivity contribution < 1.29 is 29.0 Å². The average Bonchev–Trinajstić information content (AvgIpc) is 3.70. The highest BCUT2D eigenvalue weighted by Gasteiger charge is 2.73. The van der Waals surface area contributed by atoms with Crippen LogP contribution in [0.15, 0.2) is 12.1 Å². The van der Waals surface area contributed by atoms with Gasteiger partial charge in [-0.15, -0.1) is 0 Å². The maximum Gasteiger partial charge on any atom is 0.413 e. The summed E-state index contributed by atoms with van der Waals surface area (Å²) in [6.45, 7) is 3.21. The third kappa shape index (κ3) is 4.05. The molecule has 1 aromatic carbocycles. The predicted molar refractivity (Wildman–Crippen MR) is 140 cm³/mol. The minimum atomic E-state index is -1.07. The van der Waals surface area contributed by atoms with Crippen molar-refractivity contribution in [3.05, 3.63) is 23.3 Å². The molecule has 0 aromatic heterocycles. The molecule has 1 aromatic rings. The van der Waals surface area contributed by atoms with Gasteiger partial charge in [-0.3, -0.25) is 19.9 Å². The lowest BCUT2D eigenvalue weighted by atomic mass is 9.49. The van der Waals surface area contributed by atoms with E-state index >= 15 is 0 Å². The van der Waals surface area contributed by atoms with E-state index in [1.807, 2.05) is 11.1 Å². The Morgan fingerprint density at radius 1 is 1.10 bits per heavy atom. The molecule has 7 rings (SSSR count). The fourth-order valence-corrected chi connectivity index (χ4v) is 8.02. The van der Waals surface area contributed by atoms with Gasteiger partial charge in [0.1, 0.15) is 6.54 Å². The highest BCUT2D eigenvalue weighted by atomic mass is 16.6. The second kappa shape index (κ2) is 9.45. The number of nitrogens with one attached hydrogen (secondary N) is 2. The highest BCUT2D eigenvalue weighted by Crippen LogP contribution is 2.65. The number of hydrogen-bond donors (Lipinski definition) is 3. The minimum Gasteiger partial charge on any atom is -0.477 e. The van der Waals surface area contributed by atoms with Gasteiger partial charge in [0.2, 0.25) is 0 Å². The van der Waals surface area contributed by atoms with Crippen LogP contribution in [0, 0.1) is 5.92 Å². The van der Waals surface area contributed by atoms with Crippen LogP contribution in [0.4, 0.5) is 4.79 Å². The summed E-state index contributed by atoms with van der Waals surface area (Å²) in [5.41, 5.74) is 2.87. The number of Topliss-reactive ketones (excluding diaryl/α,β-unsaturated/α-hetero) is 1. The highest BCUT2D eigenvalue weighted by molar-refractivity contribution is 5.90. The predicted octanol–water partition coefficient (Wildman–Crippen LogP) is 1.82. The van der Waals surface area contributed by atoms with Crippen molar-refractivity contribution in [1.82, 2.24) is 20.7 Å². The number of rotatable bonds is 6. The maximum atomic E-state index is 13.2. The minimum absolute atomic E-state index is 0.00120. The molecule has 1 unspecified atom stereocenters. The summed E-state index contributed by atoms with van der Waals surface area (Å²) in [5.74, 6) is 1.02. The van der Waals surface area contributed by atoms with Gasteiger partial charge in [-0.05, 0) is 69.0 Å². The third-order valence-electron chi connectivity index (χ3n) is 10.0. The summed E-state index contributed by atoms with van der Waals surface area (Å²) in [4.78, 5) is 40.8. The van der Waals surface area contributed by atoms with Crippen LogP contribution in [0.3, 0.4) is 0 Å². The summed E-state index contributed by atoms with van der Waals surface area (Å²) in [6, 6.07) is 3.62. The summed E-state index contributed by atoms with van der Waals surface area (Å²) >= 11 is 0. The zero-order chi connectivity index (χ0) is 26.8. The molecule has 2 saturated heterocycles. The molecule has 2 saturated carbocycles. The molecule has 3 aliphatic heterocycles. The number of ketones is 1. The quantitative estimate of drug-likeness (QED) is 0.502. The molecule has 1 spiro atoms. The number of nitrogens with zero attached hydrogens (tertiary/aromatic N) is 2. The molecule has 10 heteroatoms. The van der Waals surface area contributed by atoms with E-state index in [0.29, 0.717) is 30.9 Å². The molecular weight excluding hydrogens is 500 g/mol. The fourth-order valence-electron chi connectivity index (χ4n) is 8.02. The summed E-state index contributed by atoms with van der Waals surface area (Å²) in [6.07, 6.45) is 7.38. The van der Waals surface area contributed by atoms with Crippen molar-refractivity contribution in [3.63, 3.8) is 0 Å². The number of benzene rings is 1. The Morgan fingerprint density at radius 3 is 2.67 bits per heavy atom. The summed E-state index contributed by atoms with van der Waals surface area (Å²) < 4.78 is 12.0. The van der Waals surface area contributed by atoms with Gasteiger partial charge in [-0.2, -0.15) is 0 Å². The molecule has 10 nitrogen and oxygen atoms in total. The molecule has 0 radical (unpaired) electrons. The number of aliphatic hydroxyl groups is 1. The van der Waals surface area contributed by atoms with Crippen molar-refractivity contribution in [2.45, 2.75) is 87.4 Å². The van der Waals surface area contributed by atoms with Crippen LogP contribution in [0.25, 0.3) is 0 Å². The monoisotopic (exact) mass is 538 g/mol. The average molecular weight is 539 g/mol. The molecule has 6 aliphatic rings. The molecule has 2 bridgehead atoms. The van der Waals surface area contributed by atoms with E-state index in [1.165, 1.54) is 12.8 Å². The first-order chi connectivity index (χ1) is 18.9. The van der Waals surface area contributed by atoms with Gasteiger partial charge < -0.3 is 19.9 Å². The Balaban J connectivity index is 1.10. The van der Waals surface area contributed by atoms with E-state index in [0.717, 1.165) is 63.0 Å². The summed E-state index contributed by atoms with van der Waals surface area (Å²) in [5, 5.41) is 16.8. The molecule has 3 heterocycles. The SMILES string of the molecule is O=C(CNC(=O)Oc1ccc2c3c1O[C@H]1C(=O)CC[C@@]4(O)C(C2)N(CC2CC2)CC[C@]314)NN1CCCCCC1. The van der Waals surface area contributed by atoms with Crippen LogP contribution in [0.5, 0.6) is 11.5 Å². The van der Waals surface area contributed by atoms with Crippen LogP contribution in [-0.4, -0.2) is 83.3 Å². The molecule has 4 atom stereocenters. The molecule has 2 amide bonds. The zero-order valence-electron chi connectivity index (χ0n) is 22.4. The number of amides is 2. The molecular formula is C29H38N4O6. The van der Waals surface area contributed by atoms with E-state index in [4.69, 9.17) is 9.47 Å². The van der Waals surface area contributed by atoms with Crippen LogP contribution >= 0.6 is 0 Å². The van der Waals surface area contributed by atoms with E-state index in [-0.39, 0.29) is 36.4 Å². The van der Waals surface area contributed by atoms with Crippen molar-refractivity contribution >= 4 is 17.8 Å². The number of carbonyl (C=O) groups is 3. The smallest absolute Gasteiger partial charge is 0.413 e. The third-order valence-corrected chi connectivity index (χ3v) is 10.0. The Labute approximate surface area is 228 Å². The summed E-state index contributed by atoms with van der Waals surface area (Å²) in [7, 11) is 0. The van der Waals surface area contributed by atoms with Gasteiger partial charge in [-0.1, -0.05) is 18.9 Å². The van der Waals surface area contributed by atoms with Crippen LogP contribution in [-0.2, 0) is 21.4 Å². The lowest BCUT2D eigenvalue weighted by Crippen LogP contribution is -2.76. The first-order valence-corrected chi connectivity index (χ1v) is 14.7. The van der Waals surface area contributed by atoms with E-state index in [1.54, 1.807) is 6.07 Å². The van der Waals surface area contributed by atoms with Gasteiger partial charge in [0, 0.05) is 37.7 Å². The first-order valence-electron chi connectivity index (χ1n) is 14.7. The van der Waals surface area contributed by atoms with Gasteiger partial charge in [0.05, 0.1) is 11.0 Å². The van der Waals surface area contributed by atoms with Crippen molar-refractivity contribution in [3.8, 4) is 11.5 Å². The topological polar surface area (TPSA) is 120 Å². The van der Waals surface area contributed by atoms with Crippen LogP contribution in [0.1, 0.15) is 68.9 Å². The number of hydrogen-bond acceptors (Lipinski definition) is 8. The zero-order valence-corrected chi connectivity index (χ0v) is 22.4. The van der Waals surface area contributed by atoms with Crippen molar-refractivity contribution in [2.24, 2.45) is 5.92 Å². The van der Waals surface area contributed by atoms with Gasteiger partial charge in [0.15, 0.2) is 23.4 Å². The molecule has 4 fully saturated rings. The van der Waals surface area contributed by atoms with Gasteiger partial charge in [0.25, 0.3) is 5.91 Å². The normalized spacial score (nSPS) is 33.5. The van der Waals surface area contributed by atoms with E-state index < -0.39 is 23.2 Å². The van der Waals surface area contributed by atoms with Gasteiger partial charge in [-0.25, -0.2) is 9.80 Å². The Kier molecular flexibility index (Phi) is 6.13. The fraction of sp³-hybridized carbons (Fsp3) is 0.690. The lowest BCUT2D eigenvalue weighted by Gasteiger charge is -2.62. The second-order valence-corrected chi connectivity index (χ2v) is 12.4. The molecule has 39 heavy (non-hydrogen) atoms. The second-order valence-electron chi connectivity index (χ2n) is 12.4. The van der Waals surface area contributed by atoms with Crippen molar-refractivity contribution in [2.75, 3.05) is 32.7 Å². The number of ether oxygens (including phenoxy) is 2. The van der Waals surface area contributed by atoms with Crippen LogP contribution < -0.4 is 20.2 Å². The van der Waals surface area contributed by atoms with Crippen molar-refractivity contribution in [1.29, 1.82) is 0 Å². The van der Waals surface area contributed by atoms with Crippen LogP contribution in [0.2, 0.25) is 0 Å². The Bertz CT molecular complexity index is 1190. The van der Waals surface area contributed by atoms with Gasteiger partial charge >= 0.3 is 6.09 Å². The molecule has 3 N–H and O–H groups in total. The standard InChI is InChI=1S/C29H38N4O6/c34-20-9-10-29(37)22-15-19-7-8-21(38-27(36)30-16-23(35)31-33-12-3-1-2-4-13-33)25-24(19)28(29,26(20)39-25)11-14-32(22)17-18-5-6-18/h7-8,18,22,26,37H,1-6,9-17H2,(H,30,36)(H,31,35)/t22?,26-,28-,29+/m0/s1. The number of likely N-dealkylation sites (tertiary alicyclic amines) is 1. The molecule has 210 valence electrons. The Morgan fingerprint density at radius 2 is 1.90 bits per heavy atom. The number of hydrazine groups is 1. The lowest BCUT2D eigenvalue weighted by molar-refractivity contribution is -0.188. The first kappa shape index (κ1) is 25.3. The largest absolute Gasteiger partial charge is 0.477 e.